The van der Waals surface area contributed by atoms with Gasteiger partial charge in [-0.1, -0.05) is 11.6 Å². The molecule has 0 unspecified atom stereocenters. The van der Waals surface area contributed by atoms with E-state index in [9.17, 15) is 21.6 Å². The molecule has 25 heavy (non-hydrogen) atoms. The first-order valence-corrected chi connectivity index (χ1v) is 8.56. The third-order valence-electron chi connectivity index (χ3n) is 3.20. The minimum absolute atomic E-state index is 0.00333. The maximum Gasteiger partial charge on any atom is 0.416 e. The smallest absolute Gasteiger partial charge is 0.416 e. The Bertz CT molecular complexity index is 885. The van der Waals surface area contributed by atoms with Gasteiger partial charge in [-0.3, -0.25) is 4.72 Å². The molecule has 0 bridgehead atoms. The Morgan fingerprint density at radius 3 is 2.28 bits per heavy atom. The van der Waals surface area contributed by atoms with Gasteiger partial charge in [0.2, 0.25) is 0 Å². The Morgan fingerprint density at radius 1 is 1.04 bits per heavy atom. The highest BCUT2D eigenvalue weighted by Gasteiger charge is 2.31. The Kier molecular flexibility index (Phi) is 5.38. The monoisotopic (exact) mass is 395 g/mol. The molecule has 2 aromatic carbocycles. The zero-order valence-electron chi connectivity index (χ0n) is 13.0. The van der Waals surface area contributed by atoms with Crippen LogP contribution in [0.3, 0.4) is 0 Å². The van der Waals surface area contributed by atoms with Crippen molar-refractivity contribution in [3.8, 4) is 11.5 Å². The molecule has 2 rings (SSSR count). The number of halogens is 4. The predicted molar refractivity (Wildman–Crippen MR) is 86.8 cm³/mol. The summed E-state index contributed by atoms with van der Waals surface area (Å²) in [5.41, 5.74) is -1.44. The topological polar surface area (TPSA) is 64.6 Å². The zero-order valence-corrected chi connectivity index (χ0v) is 14.6. The molecule has 1 N–H and O–H groups in total. The van der Waals surface area contributed by atoms with Gasteiger partial charge in [0.1, 0.15) is 16.4 Å². The van der Waals surface area contributed by atoms with Gasteiger partial charge >= 0.3 is 6.18 Å². The molecule has 0 amide bonds. The van der Waals surface area contributed by atoms with Gasteiger partial charge in [-0.2, -0.15) is 13.2 Å². The van der Waals surface area contributed by atoms with E-state index in [0.717, 1.165) is 12.1 Å². The van der Waals surface area contributed by atoms with E-state index >= 15 is 0 Å². The number of ether oxygens (including phenoxy) is 2. The van der Waals surface area contributed by atoms with E-state index < -0.39 is 27.5 Å². The molecule has 0 saturated carbocycles. The Labute approximate surface area is 147 Å². The Balaban J connectivity index is 2.50. The highest BCUT2D eigenvalue weighted by molar-refractivity contribution is 7.92. The summed E-state index contributed by atoms with van der Waals surface area (Å²) in [6.07, 6.45) is -4.64. The molecule has 5 nitrogen and oxygen atoms in total. The lowest BCUT2D eigenvalue weighted by molar-refractivity contribution is -0.137. The average Bonchev–Trinajstić information content (AvgIpc) is 2.55. The zero-order chi connectivity index (χ0) is 18.8. The fraction of sp³-hybridized carbons (Fsp3) is 0.200. The third-order valence-corrected chi connectivity index (χ3v) is 4.91. The number of anilines is 1. The molecule has 0 fully saturated rings. The number of alkyl halides is 3. The van der Waals surface area contributed by atoms with Gasteiger partial charge in [0, 0.05) is 6.07 Å². The van der Waals surface area contributed by atoms with E-state index in [-0.39, 0.29) is 21.4 Å². The maximum atomic E-state index is 12.8. The number of hydrogen-bond donors (Lipinski definition) is 1. The molecule has 136 valence electrons. The summed E-state index contributed by atoms with van der Waals surface area (Å²) in [4.78, 5) is -0.303. The highest BCUT2D eigenvalue weighted by Crippen LogP contribution is 2.36. The van der Waals surface area contributed by atoms with Gasteiger partial charge in [-0.05, 0) is 30.3 Å². The van der Waals surface area contributed by atoms with Crippen molar-refractivity contribution in [1.29, 1.82) is 0 Å². The molecule has 0 saturated heterocycles. The van der Waals surface area contributed by atoms with E-state index in [1.807, 2.05) is 4.72 Å². The average molecular weight is 396 g/mol. The first-order valence-electron chi connectivity index (χ1n) is 6.70. The molecule has 0 aromatic heterocycles. The summed E-state index contributed by atoms with van der Waals surface area (Å²) in [6, 6.07) is 6.36. The van der Waals surface area contributed by atoms with Crippen LogP contribution in [0.1, 0.15) is 5.56 Å². The summed E-state index contributed by atoms with van der Waals surface area (Å²) in [5.74, 6) is 0.229. The summed E-state index contributed by atoms with van der Waals surface area (Å²) in [6.45, 7) is 0. The summed E-state index contributed by atoms with van der Waals surface area (Å²) >= 11 is 5.82. The second-order valence-electron chi connectivity index (χ2n) is 4.81. The van der Waals surface area contributed by atoms with E-state index in [1.165, 1.54) is 32.4 Å². The van der Waals surface area contributed by atoms with E-state index in [1.54, 1.807) is 0 Å². The number of hydrogen-bond acceptors (Lipinski definition) is 4. The van der Waals surface area contributed by atoms with Crippen molar-refractivity contribution in [2.75, 3.05) is 18.9 Å². The minimum atomic E-state index is -4.64. The van der Waals surface area contributed by atoms with Crippen molar-refractivity contribution in [3.05, 3.63) is 47.0 Å². The number of rotatable bonds is 5. The summed E-state index contributed by atoms with van der Waals surface area (Å²) < 4.78 is 75.6. The maximum absolute atomic E-state index is 12.8. The molecular weight excluding hydrogens is 383 g/mol. The quantitative estimate of drug-likeness (QED) is 0.825. The molecule has 10 heteroatoms. The molecular formula is C15H13ClF3NO4S. The second kappa shape index (κ2) is 7.01. The minimum Gasteiger partial charge on any atom is -0.497 e. The SMILES string of the molecule is COc1ccc(OC)c(S(=O)(=O)Nc2cc(C(F)(F)F)ccc2Cl)c1. The van der Waals surface area contributed by atoms with Gasteiger partial charge in [-0.25, -0.2) is 8.42 Å². The molecule has 0 atom stereocenters. The van der Waals surface area contributed by atoms with Gasteiger partial charge in [0.25, 0.3) is 10.0 Å². The lowest BCUT2D eigenvalue weighted by Crippen LogP contribution is -2.15. The number of nitrogens with one attached hydrogen (secondary N) is 1. The molecule has 0 aliphatic heterocycles. The molecule has 0 spiro atoms. The number of methoxy groups -OCH3 is 2. The van der Waals surface area contributed by atoms with Crippen molar-refractivity contribution in [2.24, 2.45) is 0 Å². The summed E-state index contributed by atoms with van der Waals surface area (Å²) in [7, 11) is -1.68. The summed E-state index contributed by atoms with van der Waals surface area (Å²) in [5, 5.41) is -0.182. The van der Waals surface area contributed by atoms with Crippen molar-refractivity contribution in [1.82, 2.24) is 0 Å². The van der Waals surface area contributed by atoms with Crippen molar-refractivity contribution >= 4 is 27.3 Å². The first-order chi connectivity index (χ1) is 11.6. The van der Waals surface area contributed by atoms with Crippen LogP contribution in [0.2, 0.25) is 5.02 Å². The Morgan fingerprint density at radius 2 is 1.72 bits per heavy atom. The molecule has 0 aliphatic carbocycles. The standard InChI is InChI=1S/C15H13ClF3NO4S/c1-23-10-4-6-13(24-2)14(8-10)25(21,22)20-12-7-9(15(17,18)19)3-5-11(12)16/h3-8,20H,1-2H3. The van der Waals surface area contributed by atoms with Gasteiger partial charge < -0.3 is 9.47 Å². The lowest BCUT2D eigenvalue weighted by atomic mass is 10.2. The van der Waals surface area contributed by atoms with Crippen LogP contribution in [0.25, 0.3) is 0 Å². The molecule has 0 radical (unpaired) electrons. The van der Waals surface area contributed by atoms with Crippen LogP contribution < -0.4 is 14.2 Å². The van der Waals surface area contributed by atoms with Crippen LogP contribution in [-0.2, 0) is 16.2 Å². The van der Waals surface area contributed by atoms with Crippen LogP contribution in [0, 0.1) is 0 Å². The van der Waals surface area contributed by atoms with Gasteiger partial charge in [0.05, 0.1) is 30.5 Å². The van der Waals surface area contributed by atoms with E-state index in [2.05, 4.69) is 0 Å². The van der Waals surface area contributed by atoms with E-state index in [4.69, 9.17) is 21.1 Å². The molecule has 2 aromatic rings. The van der Waals surface area contributed by atoms with Gasteiger partial charge in [-0.15, -0.1) is 0 Å². The lowest BCUT2D eigenvalue weighted by Gasteiger charge is -2.15. The number of benzene rings is 2. The number of sulfonamides is 1. The molecule has 0 heterocycles. The normalized spacial score (nSPS) is 11.9. The highest BCUT2D eigenvalue weighted by atomic mass is 35.5. The fourth-order valence-electron chi connectivity index (χ4n) is 1.97. The first kappa shape index (κ1) is 19.2. The third kappa shape index (κ3) is 4.29. The Hall–Kier alpha value is -2.13. The van der Waals surface area contributed by atoms with Crippen molar-refractivity contribution in [3.63, 3.8) is 0 Å². The predicted octanol–water partition coefficient (Wildman–Crippen LogP) is 4.18. The second-order valence-corrected chi connectivity index (χ2v) is 6.87. The van der Waals surface area contributed by atoms with Crippen LogP contribution >= 0.6 is 11.6 Å². The molecule has 0 aliphatic rings. The van der Waals surface area contributed by atoms with Crippen molar-refractivity contribution < 1.29 is 31.1 Å². The van der Waals surface area contributed by atoms with Crippen LogP contribution in [-0.4, -0.2) is 22.6 Å². The van der Waals surface area contributed by atoms with Crippen LogP contribution in [0.4, 0.5) is 18.9 Å². The largest absolute Gasteiger partial charge is 0.497 e. The van der Waals surface area contributed by atoms with Crippen LogP contribution in [0.15, 0.2) is 41.3 Å². The van der Waals surface area contributed by atoms with Gasteiger partial charge in [0.15, 0.2) is 0 Å². The van der Waals surface area contributed by atoms with Crippen LogP contribution in [0.5, 0.6) is 11.5 Å². The van der Waals surface area contributed by atoms with Crippen molar-refractivity contribution in [2.45, 2.75) is 11.1 Å². The fourth-order valence-corrected chi connectivity index (χ4v) is 3.45. The van der Waals surface area contributed by atoms with E-state index in [0.29, 0.717) is 6.07 Å².